The zero-order valence-electron chi connectivity index (χ0n) is 7.53. The van der Waals surface area contributed by atoms with Gasteiger partial charge in [-0.25, -0.2) is 0 Å². The molecule has 1 aromatic carbocycles. The number of carbonyl (C=O) groups excluding carboxylic acids is 1. The fourth-order valence-corrected chi connectivity index (χ4v) is 2.14. The molecular weight excluding hydrogens is 343 g/mol. The lowest BCUT2D eigenvalue weighted by Crippen LogP contribution is -2.04. The van der Waals surface area contributed by atoms with E-state index in [2.05, 4.69) is 44.6 Å². The molecule has 70 valence electrons. The second-order valence-electron chi connectivity index (χ2n) is 3.00. The molecule has 0 radical (unpaired) electrons. The van der Waals surface area contributed by atoms with Crippen LogP contribution in [0, 0.1) is 17.4 Å². The number of rotatable bonds is 2. The van der Waals surface area contributed by atoms with Crippen molar-refractivity contribution in [2.75, 3.05) is 5.33 Å². The molecule has 0 aromatic heterocycles. The predicted molar refractivity (Wildman–Crippen MR) is 66.8 cm³/mol. The van der Waals surface area contributed by atoms with Crippen LogP contribution >= 0.6 is 38.5 Å². The number of hydrogen-bond acceptors (Lipinski definition) is 1. The first-order valence-electron chi connectivity index (χ1n) is 3.92. The SMILES string of the molecule is Cc1cc(C)c(I)c(C(=O)CBr)c1. The van der Waals surface area contributed by atoms with Gasteiger partial charge in [-0.1, -0.05) is 27.6 Å². The standard InChI is InChI=1S/C10H10BrIO/c1-6-3-7(2)10(12)8(4-6)9(13)5-11/h3-4H,5H2,1-2H3. The third-order valence-electron chi connectivity index (χ3n) is 1.82. The Kier molecular flexibility index (Phi) is 3.91. The second kappa shape index (κ2) is 4.55. The second-order valence-corrected chi connectivity index (χ2v) is 4.64. The number of alkyl halides is 1. The maximum atomic E-state index is 11.5. The fourth-order valence-electron chi connectivity index (χ4n) is 1.22. The average molecular weight is 353 g/mol. The topological polar surface area (TPSA) is 17.1 Å². The number of hydrogen-bond donors (Lipinski definition) is 0. The van der Waals surface area contributed by atoms with Gasteiger partial charge < -0.3 is 0 Å². The Morgan fingerprint density at radius 2 is 2.08 bits per heavy atom. The van der Waals surface area contributed by atoms with Crippen LogP contribution in [0.25, 0.3) is 0 Å². The third kappa shape index (κ3) is 2.53. The van der Waals surface area contributed by atoms with Crippen LogP contribution in [0.2, 0.25) is 0 Å². The van der Waals surface area contributed by atoms with Gasteiger partial charge in [0.15, 0.2) is 5.78 Å². The van der Waals surface area contributed by atoms with E-state index in [1.807, 2.05) is 19.9 Å². The van der Waals surface area contributed by atoms with E-state index in [0.717, 1.165) is 14.7 Å². The maximum Gasteiger partial charge on any atom is 0.174 e. The van der Waals surface area contributed by atoms with Gasteiger partial charge in [0.05, 0.1) is 5.33 Å². The van der Waals surface area contributed by atoms with Crippen molar-refractivity contribution in [3.63, 3.8) is 0 Å². The van der Waals surface area contributed by atoms with E-state index in [4.69, 9.17) is 0 Å². The van der Waals surface area contributed by atoms with Crippen molar-refractivity contribution in [2.45, 2.75) is 13.8 Å². The van der Waals surface area contributed by atoms with Crippen LogP contribution in [-0.4, -0.2) is 11.1 Å². The van der Waals surface area contributed by atoms with Gasteiger partial charge in [-0.2, -0.15) is 0 Å². The molecule has 1 rings (SSSR count). The van der Waals surface area contributed by atoms with Crippen molar-refractivity contribution in [3.8, 4) is 0 Å². The van der Waals surface area contributed by atoms with Gasteiger partial charge in [-0.3, -0.25) is 4.79 Å². The summed E-state index contributed by atoms with van der Waals surface area (Å²) < 4.78 is 1.06. The van der Waals surface area contributed by atoms with Crippen molar-refractivity contribution in [2.24, 2.45) is 0 Å². The summed E-state index contributed by atoms with van der Waals surface area (Å²) in [5.41, 5.74) is 3.14. The van der Waals surface area contributed by atoms with E-state index in [0.29, 0.717) is 5.33 Å². The Labute approximate surface area is 100 Å². The molecule has 0 heterocycles. The smallest absolute Gasteiger partial charge is 0.174 e. The highest BCUT2D eigenvalue weighted by atomic mass is 127. The van der Waals surface area contributed by atoms with E-state index in [-0.39, 0.29) is 5.78 Å². The van der Waals surface area contributed by atoms with Gasteiger partial charge >= 0.3 is 0 Å². The molecule has 0 atom stereocenters. The van der Waals surface area contributed by atoms with Gasteiger partial charge in [0, 0.05) is 9.13 Å². The molecule has 0 aliphatic carbocycles. The average Bonchev–Trinajstić information content (AvgIpc) is 2.10. The number of aryl methyl sites for hydroxylation is 2. The highest BCUT2D eigenvalue weighted by molar-refractivity contribution is 14.1. The first-order chi connectivity index (χ1) is 6.06. The van der Waals surface area contributed by atoms with Crippen LogP contribution in [-0.2, 0) is 0 Å². The Balaban J connectivity index is 3.28. The lowest BCUT2D eigenvalue weighted by Gasteiger charge is -2.06. The zero-order valence-corrected chi connectivity index (χ0v) is 11.3. The van der Waals surface area contributed by atoms with E-state index < -0.39 is 0 Å². The third-order valence-corrected chi connectivity index (χ3v) is 3.76. The lowest BCUT2D eigenvalue weighted by molar-refractivity contribution is 0.102. The van der Waals surface area contributed by atoms with Gasteiger partial charge in [-0.15, -0.1) is 0 Å². The van der Waals surface area contributed by atoms with Crippen LogP contribution in [0.3, 0.4) is 0 Å². The van der Waals surface area contributed by atoms with E-state index in [9.17, 15) is 4.79 Å². The van der Waals surface area contributed by atoms with Crippen molar-refractivity contribution in [1.29, 1.82) is 0 Å². The largest absolute Gasteiger partial charge is 0.293 e. The predicted octanol–water partition coefficient (Wildman–Crippen LogP) is 3.49. The van der Waals surface area contributed by atoms with Crippen LogP contribution in [0.15, 0.2) is 12.1 Å². The zero-order chi connectivity index (χ0) is 10.0. The highest BCUT2D eigenvalue weighted by Gasteiger charge is 2.10. The van der Waals surface area contributed by atoms with Gasteiger partial charge in [0.2, 0.25) is 0 Å². The fraction of sp³-hybridized carbons (Fsp3) is 0.300. The molecule has 0 N–H and O–H groups in total. The molecule has 3 heteroatoms. The Morgan fingerprint density at radius 3 is 2.62 bits per heavy atom. The molecular formula is C10H10BrIO. The Morgan fingerprint density at radius 1 is 1.46 bits per heavy atom. The molecule has 13 heavy (non-hydrogen) atoms. The lowest BCUT2D eigenvalue weighted by atomic mass is 10.1. The molecule has 1 nitrogen and oxygen atoms in total. The minimum atomic E-state index is 0.149. The quantitative estimate of drug-likeness (QED) is 0.452. The van der Waals surface area contributed by atoms with Crippen LogP contribution < -0.4 is 0 Å². The molecule has 0 amide bonds. The molecule has 0 aliphatic rings. The first kappa shape index (κ1) is 11.2. The summed E-state index contributed by atoms with van der Waals surface area (Å²) in [4.78, 5) is 11.5. The molecule has 0 bridgehead atoms. The summed E-state index contributed by atoms with van der Waals surface area (Å²) in [5.74, 6) is 0.149. The maximum absolute atomic E-state index is 11.5. The van der Waals surface area contributed by atoms with Gasteiger partial charge in [0.25, 0.3) is 0 Å². The van der Waals surface area contributed by atoms with Crippen LogP contribution in [0.5, 0.6) is 0 Å². The molecule has 1 aromatic rings. The monoisotopic (exact) mass is 352 g/mol. The molecule has 0 unspecified atom stereocenters. The molecule has 0 fully saturated rings. The van der Waals surface area contributed by atoms with Crippen LogP contribution in [0.4, 0.5) is 0 Å². The molecule has 0 aliphatic heterocycles. The molecule has 0 saturated carbocycles. The minimum absolute atomic E-state index is 0.149. The molecule has 0 saturated heterocycles. The van der Waals surface area contributed by atoms with E-state index in [1.165, 1.54) is 5.56 Å². The number of ketones is 1. The normalized spacial score (nSPS) is 10.2. The summed E-state index contributed by atoms with van der Waals surface area (Å²) in [6.45, 7) is 4.04. The van der Waals surface area contributed by atoms with Gasteiger partial charge in [0.1, 0.15) is 0 Å². The van der Waals surface area contributed by atoms with Gasteiger partial charge in [-0.05, 0) is 48.1 Å². The minimum Gasteiger partial charge on any atom is -0.293 e. The summed E-state index contributed by atoms with van der Waals surface area (Å²) >= 11 is 5.40. The van der Waals surface area contributed by atoms with Crippen molar-refractivity contribution in [3.05, 3.63) is 32.4 Å². The van der Waals surface area contributed by atoms with E-state index >= 15 is 0 Å². The van der Waals surface area contributed by atoms with Crippen LogP contribution in [0.1, 0.15) is 21.5 Å². The Bertz CT molecular complexity index is 347. The van der Waals surface area contributed by atoms with Crippen molar-refractivity contribution >= 4 is 44.3 Å². The Hall–Kier alpha value is 0.1000. The summed E-state index contributed by atoms with van der Waals surface area (Å²) in [6, 6.07) is 4.03. The number of Topliss-reactive ketones (excluding diaryl/α,β-unsaturated/α-hetero) is 1. The number of benzene rings is 1. The summed E-state index contributed by atoms with van der Waals surface area (Å²) in [5, 5.41) is 0.395. The van der Waals surface area contributed by atoms with E-state index in [1.54, 1.807) is 0 Å². The van der Waals surface area contributed by atoms with Crippen molar-refractivity contribution < 1.29 is 4.79 Å². The molecule has 0 spiro atoms. The summed E-state index contributed by atoms with van der Waals surface area (Å²) in [7, 11) is 0. The summed E-state index contributed by atoms with van der Waals surface area (Å²) in [6.07, 6.45) is 0. The van der Waals surface area contributed by atoms with Crippen molar-refractivity contribution in [1.82, 2.24) is 0 Å². The number of halogens is 2. The first-order valence-corrected chi connectivity index (χ1v) is 6.12. The highest BCUT2D eigenvalue weighted by Crippen LogP contribution is 2.20. The number of carbonyl (C=O) groups is 1.